The highest BCUT2D eigenvalue weighted by molar-refractivity contribution is 7.92. The molecule has 0 aliphatic carbocycles. The van der Waals surface area contributed by atoms with Gasteiger partial charge in [-0.25, -0.2) is 8.42 Å². The molecule has 4 rings (SSSR count). The lowest BCUT2D eigenvalue weighted by atomic mass is 10.1. The molecule has 0 bridgehead atoms. The van der Waals surface area contributed by atoms with Crippen LogP contribution in [-0.2, 0) is 27.4 Å². The van der Waals surface area contributed by atoms with Gasteiger partial charge >= 0.3 is 6.18 Å². The lowest BCUT2D eigenvalue weighted by Gasteiger charge is -2.20. The molecule has 1 aliphatic heterocycles. The van der Waals surface area contributed by atoms with E-state index < -0.39 is 40.0 Å². The summed E-state index contributed by atoms with van der Waals surface area (Å²) in [5, 5.41) is 2.10. The van der Waals surface area contributed by atoms with Crippen LogP contribution in [0.4, 0.5) is 24.5 Å². The zero-order valence-electron chi connectivity index (χ0n) is 17.5. The standard InChI is InChI=1S/C23H18ClF3N2O4S/c24-18-13-16(34(31,32)29-12-11-15-5-1-4-8-20(15)29)9-10-21(18)33-14-22(30)28-19-7-3-2-6-17(19)23(25,26)27/h1-10,13H,11-12,14H2,(H,28,30). The van der Waals surface area contributed by atoms with Crippen molar-refractivity contribution in [1.29, 1.82) is 0 Å². The molecule has 1 aliphatic rings. The summed E-state index contributed by atoms with van der Waals surface area (Å²) in [7, 11) is -3.87. The molecule has 1 heterocycles. The molecule has 1 N–H and O–H groups in total. The smallest absolute Gasteiger partial charge is 0.418 e. The van der Waals surface area contributed by atoms with E-state index in [4.69, 9.17) is 16.3 Å². The van der Waals surface area contributed by atoms with Crippen LogP contribution in [0.25, 0.3) is 0 Å². The lowest BCUT2D eigenvalue weighted by Crippen LogP contribution is -2.29. The number of hydrogen-bond donors (Lipinski definition) is 1. The molecule has 178 valence electrons. The fourth-order valence-corrected chi connectivity index (χ4v) is 5.44. The molecule has 0 aromatic heterocycles. The number of fused-ring (bicyclic) bond motifs is 1. The van der Waals surface area contributed by atoms with Crippen LogP contribution in [0, 0.1) is 0 Å². The van der Waals surface area contributed by atoms with Gasteiger partial charge in [-0.1, -0.05) is 41.9 Å². The number of amides is 1. The predicted molar refractivity (Wildman–Crippen MR) is 122 cm³/mol. The van der Waals surface area contributed by atoms with Crippen LogP contribution in [0.1, 0.15) is 11.1 Å². The summed E-state index contributed by atoms with van der Waals surface area (Å²) in [6, 6.07) is 15.6. The molecular weight excluding hydrogens is 493 g/mol. The van der Waals surface area contributed by atoms with Crippen molar-refractivity contribution in [2.45, 2.75) is 17.5 Å². The summed E-state index contributed by atoms with van der Waals surface area (Å²) in [5.74, 6) is -0.820. The van der Waals surface area contributed by atoms with Crippen LogP contribution < -0.4 is 14.4 Å². The Morgan fingerprint density at radius 2 is 1.76 bits per heavy atom. The van der Waals surface area contributed by atoms with Gasteiger partial charge in [-0.2, -0.15) is 13.2 Å². The summed E-state index contributed by atoms with van der Waals surface area (Å²) in [4.78, 5) is 12.1. The third kappa shape index (κ3) is 4.83. The Kier molecular flexibility index (Phi) is 6.46. The lowest BCUT2D eigenvalue weighted by molar-refractivity contribution is -0.137. The van der Waals surface area contributed by atoms with E-state index in [-0.39, 0.29) is 15.7 Å². The van der Waals surface area contributed by atoms with Gasteiger partial charge in [0, 0.05) is 6.54 Å². The summed E-state index contributed by atoms with van der Waals surface area (Å²) in [6.07, 6.45) is -4.04. The number of nitrogens with one attached hydrogen (secondary N) is 1. The van der Waals surface area contributed by atoms with Gasteiger partial charge in [0.1, 0.15) is 5.75 Å². The summed E-state index contributed by atoms with van der Waals surface area (Å²) in [5.41, 5.74) is 0.145. The van der Waals surface area contributed by atoms with Crippen molar-refractivity contribution in [3.05, 3.63) is 82.9 Å². The minimum Gasteiger partial charge on any atom is -0.482 e. The summed E-state index contributed by atoms with van der Waals surface area (Å²) >= 11 is 6.18. The van der Waals surface area contributed by atoms with Crippen molar-refractivity contribution < 1.29 is 31.1 Å². The highest BCUT2D eigenvalue weighted by Crippen LogP contribution is 2.36. The first-order valence-electron chi connectivity index (χ1n) is 10.1. The van der Waals surface area contributed by atoms with Crippen LogP contribution in [0.5, 0.6) is 5.75 Å². The number of alkyl halides is 3. The van der Waals surface area contributed by atoms with E-state index in [0.717, 1.165) is 17.7 Å². The quantitative estimate of drug-likeness (QED) is 0.499. The summed E-state index contributed by atoms with van der Waals surface area (Å²) in [6.45, 7) is -0.325. The minimum atomic E-state index is -4.63. The van der Waals surface area contributed by atoms with Crippen LogP contribution in [0.15, 0.2) is 71.6 Å². The Labute approximate surface area is 199 Å². The maximum Gasteiger partial charge on any atom is 0.418 e. The Morgan fingerprint density at radius 3 is 2.50 bits per heavy atom. The molecule has 0 radical (unpaired) electrons. The van der Waals surface area contributed by atoms with Gasteiger partial charge < -0.3 is 10.1 Å². The zero-order chi connectivity index (χ0) is 24.5. The van der Waals surface area contributed by atoms with Crippen molar-refractivity contribution in [3.8, 4) is 5.75 Å². The number of para-hydroxylation sites is 2. The van der Waals surface area contributed by atoms with Crippen molar-refractivity contribution in [3.63, 3.8) is 0 Å². The van der Waals surface area contributed by atoms with E-state index >= 15 is 0 Å². The van der Waals surface area contributed by atoms with Gasteiger partial charge in [-0.3, -0.25) is 9.10 Å². The Balaban J connectivity index is 1.45. The fraction of sp³-hybridized carbons (Fsp3) is 0.174. The van der Waals surface area contributed by atoms with Crippen LogP contribution in [0.3, 0.4) is 0 Å². The number of hydrogen-bond acceptors (Lipinski definition) is 4. The van der Waals surface area contributed by atoms with Crippen molar-refractivity contribution in [2.75, 3.05) is 22.8 Å². The number of carbonyl (C=O) groups excluding carboxylic acids is 1. The number of anilines is 2. The molecule has 0 unspecified atom stereocenters. The number of benzene rings is 3. The third-order valence-electron chi connectivity index (χ3n) is 5.20. The Bertz CT molecular complexity index is 1350. The average molecular weight is 511 g/mol. The third-order valence-corrected chi connectivity index (χ3v) is 7.31. The number of nitrogens with zero attached hydrogens (tertiary/aromatic N) is 1. The number of sulfonamides is 1. The molecule has 1 amide bonds. The molecule has 11 heteroatoms. The van der Waals surface area contributed by atoms with E-state index in [1.54, 1.807) is 12.1 Å². The van der Waals surface area contributed by atoms with Crippen LogP contribution in [-0.4, -0.2) is 27.5 Å². The van der Waals surface area contributed by atoms with E-state index in [0.29, 0.717) is 18.7 Å². The normalized spacial score (nSPS) is 13.5. The molecular formula is C23H18ClF3N2O4S. The Hall–Kier alpha value is -3.24. The Morgan fingerprint density at radius 1 is 1.06 bits per heavy atom. The minimum absolute atomic E-state index is 0.0155. The fourth-order valence-electron chi connectivity index (χ4n) is 3.61. The van der Waals surface area contributed by atoms with E-state index in [1.165, 1.54) is 34.6 Å². The predicted octanol–water partition coefficient (Wildman–Crippen LogP) is 5.13. The monoisotopic (exact) mass is 510 g/mol. The van der Waals surface area contributed by atoms with Crippen molar-refractivity contribution >= 4 is 38.9 Å². The van der Waals surface area contributed by atoms with Gasteiger partial charge in [0.15, 0.2) is 6.61 Å². The van der Waals surface area contributed by atoms with Crippen molar-refractivity contribution in [1.82, 2.24) is 0 Å². The molecule has 0 fully saturated rings. The highest BCUT2D eigenvalue weighted by atomic mass is 35.5. The van der Waals surface area contributed by atoms with Crippen LogP contribution >= 0.6 is 11.6 Å². The second-order valence-electron chi connectivity index (χ2n) is 7.43. The maximum atomic E-state index is 13.1. The van der Waals surface area contributed by atoms with Crippen LogP contribution in [0.2, 0.25) is 5.02 Å². The first-order valence-corrected chi connectivity index (χ1v) is 11.9. The summed E-state index contributed by atoms with van der Waals surface area (Å²) < 4.78 is 72.1. The number of carbonyl (C=O) groups is 1. The first kappa shape index (κ1) is 23.9. The molecule has 3 aromatic rings. The topological polar surface area (TPSA) is 75.7 Å². The molecule has 3 aromatic carbocycles. The molecule has 6 nitrogen and oxygen atoms in total. The second-order valence-corrected chi connectivity index (χ2v) is 9.70. The van der Waals surface area contributed by atoms with Gasteiger partial charge in [-0.05, 0) is 48.4 Å². The first-order chi connectivity index (χ1) is 16.1. The van der Waals surface area contributed by atoms with Gasteiger partial charge in [0.2, 0.25) is 0 Å². The van der Waals surface area contributed by atoms with E-state index in [9.17, 15) is 26.4 Å². The van der Waals surface area contributed by atoms with Gasteiger partial charge in [0.25, 0.3) is 15.9 Å². The highest BCUT2D eigenvalue weighted by Gasteiger charge is 2.34. The number of halogens is 4. The maximum absolute atomic E-state index is 13.1. The van der Waals surface area contributed by atoms with E-state index in [1.807, 2.05) is 12.1 Å². The second kappa shape index (κ2) is 9.19. The van der Waals surface area contributed by atoms with Crippen molar-refractivity contribution in [2.24, 2.45) is 0 Å². The van der Waals surface area contributed by atoms with E-state index in [2.05, 4.69) is 5.32 Å². The zero-order valence-corrected chi connectivity index (χ0v) is 19.0. The molecule has 34 heavy (non-hydrogen) atoms. The molecule has 0 atom stereocenters. The molecule has 0 spiro atoms. The SMILES string of the molecule is O=C(COc1ccc(S(=O)(=O)N2CCc3ccccc32)cc1Cl)Nc1ccccc1C(F)(F)F. The number of rotatable bonds is 6. The molecule has 0 saturated heterocycles. The van der Waals surface area contributed by atoms with Gasteiger partial charge in [0.05, 0.1) is 26.9 Å². The largest absolute Gasteiger partial charge is 0.482 e. The average Bonchev–Trinajstić information content (AvgIpc) is 3.23. The molecule has 0 saturated carbocycles. The van der Waals surface area contributed by atoms with Gasteiger partial charge in [-0.15, -0.1) is 0 Å². The number of ether oxygens (including phenoxy) is 1.